The van der Waals surface area contributed by atoms with Gasteiger partial charge >= 0.3 is 6.18 Å². The number of carbonyl (C=O) groups excluding carboxylic acids is 1. The fourth-order valence-electron chi connectivity index (χ4n) is 1.13. The van der Waals surface area contributed by atoms with Crippen LogP contribution in [0.2, 0.25) is 0 Å². The molecule has 0 saturated heterocycles. The van der Waals surface area contributed by atoms with Crippen LogP contribution in [0.1, 0.15) is 10.6 Å². The van der Waals surface area contributed by atoms with E-state index in [0.29, 0.717) is 5.52 Å². The van der Waals surface area contributed by atoms with E-state index in [9.17, 15) is 18.0 Å². The Hall–Kier alpha value is -2.19. The summed E-state index contributed by atoms with van der Waals surface area (Å²) in [5.74, 6) is -1.18. The van der Waals surface area contributed by atoms with E-state index in [-0.39, 0.29) is 11.5 Å². The maximum Gasteiger partial charge on any atom is 0.405 e. The second-order valence-electron chi connectivity index (χ2n) is 3.14. The van der Waals surface area contributed by atoms with Gasteiger partial charge in [-0.3, -0.25) is 4.79 Å². The number of imidazole rings is 1. The molecule has 0 radical (unpaired) electrons. The molecule has 0 aliphatic heterocycles. The van der Waals surface area contributed by atoms with E-state index in [1.54, 1.807) is 5.32 Å². The lowest BCUT2D eigenvalue weighted by Gasteiger charge is -2.06. The third-order valence-corrected chi connectivity index (χ3v) is 1.83. The van der Waals surface area contributed by atoms with E-state index in [1.165, 1.54) is 12.5 Å². The molecular weight excluding hydrogens is 239 g/mol. The zero-order valence-corrected chi connectivity index (χ0v) is 8.25. The third kappa shape index (κ3) is 2.68. The molecule has 1 amide bonds. The highest BCUT2D eigenvalue weighted by Crippen LogP contribution is 2.12. The van der Waals surface area contributed by atoms with E-state index in [1.807, 2.05) is 0 Å². The predicted octanol–water partition coefficient (Wildman–Crippen LogP) is 0.645. The van der Waals surface area contributed by atoms with Crippen LogP contribution in [0.5, 0.6) is 0 Å². The second kappa shape index (κ2) is 4.00. The van der Waals surface area contributed by atoms with Crippen molar-refractivity contribution >= 4 is 17.1 Å². The van der Waals surface area contributed by atoms with Gasteiger partial charge in [0.25, 0.3) is 5.91 Å². The first-order valence-electron chi connectivity index (χ1n) is 4.46. The monoisotopic (exact) mass is 245 g/mol. The Morgan fingerprint density at radius 1 is 1.47 bits per heavy atom. The largest absolute Gasteiger partial charge is 0.405 e. The van der Waals surface area contributed by atoms with Gasteiger partial charge < -0.3 is 10.3 Å². The molecule has 0 spiro atoms. The Morgan fingerprint density at radius 3 is 2.88 bits per heavy atom. The van der Waals surface area contributed by atoms with Crippen LogP contribution in [0, 0.1) is 0 Å². The van der Waals surface area contributed by atoms with E-state index in [0.717, 1.165) is 0 Å². The number of rotatable bonds is 2. The number of carbonyl (C=O) groups is 1. The molecular formula is C8H6F3N5O. The van der Waals surface area contributed by atoms with Crippen molar-refractivity contribution in [1.29, 1.82) is 0 Å². The SMILES string of the molecule is O=C(NCC(F)(F)F)c1nc2cncnc2[nH]1. The maximum atomic E-state index is 11.9. The molecule has 2 aromatic heterocycles. The smallest absolute Gasteiger partial charge is 0.340 e. The number of hydrogen-bond donors (Lipinski definition) is 2. The van der Waals surface area contributed by atoms with Gasteiger partial charge in [-0.1, -0.05) is 0 Å². The molecule has 0 fully saturated rings. The van der Waals surface area contributed by atoms with Crippen LogP contribution in [0.3, 0.4) is 0 Å². The van der Waals surface area contributed by atoms with Crippen molar-refractivity contribution in [1.82, 2.24) is 25.3 Å². The average molecular weight is 245 g/mol. The Balaban J connectivity index is 2.14. The standard InChI is InChI=1S/C8H6F3N5O/c9-8(10,11)2-13-7(17)6-15-4-1-12-3-14-5(4)16-6/h1,3H,2H2,(H,13,17)(H,12,14,15,16). The number of alkyl halides is 3. The van der Waals surface area contributed by atoms with Gasteiger partial charge in [-0.25, -0.2) is 15.0 Å². The molecule has 0 atom stereocenters. The highest BCUT2D eigenvalue weighted by atomic mass is 19.4. The third-order valence-electron chi connectivity index (χ3n) is 1.83. The number of aromatic nitrogens is 4. The van der Waals surface area contributed by atoms with Crippen LogP contribution in [0.25, 0.3) is 11.2 Å². The lowest BCUT2D eigenvalue weighted by Crippen LogP contribution is -2.34. The minimum absolute atomic E-state index is 0.232. The maximum absolute atomic E-state index is 11.9. The quantitative estimate of drug-likeness (QED) is 0.813. The lowest BCUT2D eigenvalue weighted by atomic mass is 10.5. The van der Waals surface area contributed by atoms with Gasteiger partial charge in [0.1, 0.15) is 18.4 Å². The van der Waals surface area contributed by atoms with Crippen LogP contribution in [-0.4, -0.2) is 38.6 Å². The molecule has 0 aliphatic carbocycles. The number of aromatic amines is 1. The fourth-order valence-corrected chi connectivity index (χ4v) is 1.13. The van der Waals surface area contributed by atoms with Gasteiger partial charge in [0.2, 0.25) is 0 Å². The van der Waals surface area contributed by atoms with Crippen molar-refractivity contribution < 1.29 is 18.0 Å². The Bertz CT molecular complexity index is 516. The molecule has 0 saturated carbocycles. The highest BCUT2D eigenvalue weighted by molar-refractivity contribution is 5.93. The summed E-state index contributed by atoms with van der Waals surface area (Å²) < 4.78 is 35.6. The second-order valence-corrected chi connectivity index (χ2v) is 3.14. The summed E-state index contributed by atoms with van der Waals surface area (Å²) in [6.45, 7) is -1.41. The average Bonchev–Trinajstić information content (AvgIpc) is 2.68. The first kappa shape index (κ1) is 11.3. The van der Waals surface area contributed by atoms with Crippen molar-refractivity contribution in [3.05, 3.63) is 18.3 Å². The minimum Gasteiger partial charge on any atom is -0.340 e. The van der Waals surface area contributed by atoms with E-state index < -0.39 is 18.6 Å². The van der Waals surface area contributed by atoms with Crippen molar-refractivity contribution in [3.63, 3.8) is 0 Å². The first-order valence-corrected chi connectivity index (χ1v) is 4.46. The molecule has 9 heteroatoms. The molecule has 2 N–H and O–H groups in total. The molecule has 2 aromatic rings. The summed E-state index contributed by atoms with van der Waals surface area (Å²) in [5, 5.41) is 1.69. The molecule has 0 aliphatic rings. The normalized spacial score (nSPS) is 11.7. The summed E-state index contributed by atoms with van der Waals surface area (Å²) in [5.41, 5.74) is 0.599. The van der Waals surface area contributed by atoms with Crippen molar-refractivity contribution in [2.75, 3.05) is 6.54 Å². The van der Waals surface area contributed by atoms with Crippen molar-refractivity contribution in [2.24, 2.45) is 0 Å². The summed E-state index contributed by atoms with van der Waals surface area (Å²) in [6, 6.07) is 0. The summed E-state index contributed by atoms with van der Waals surface area (Å²) in [4.78, 5) is 25.0. The fraction of sp³-hybridized carbons (Fsp3) is 0.250. The van der Waals surface area contributed by atoms with Gasteiger partial charge in [-0.2, -0.15) is 13.2 Å². The topological polar surface area (TPSA) is 83.6 Å². The van der Waals surface area contributed by atoms with Gasteiger partial charge in [0.05, 0.1) is 6.20 Å². The molecule has 0 aromatic carbocycles. The highest BCUT2D eigenvalue weighted by Gasteiger charge is 2.28. The summed E-state index contributed by atoms with van der Waals surface area (Å²) >= 11 is 0. The Kier molecular flexibility index (Phi) is 2.66. The van der Waals surface area contributed by atoms with E-state index in [4.69, 9.17) is 0 Å². The molecule has 17 heavy (non-hydrogen) atoms. The van der Waals surface area contributed by atoms with Crippen LogP contribution in [0.15, 0.2) is 12.5 Å². The minimum atomic E-state index is -4.46. The van der Waals surface area contributed by atoms with Crippen LogP contribution >= 0.6 is 0 Å². The Morgan fingerprint density at radius 2 is 2.24 bits per heavy atom. The van der Waals surface area contributed by atoms with Crippen LogP contribution in [-0.2, 0) is 0 Å². The molecule has 6 nitrogen and oxygen atoms in total. The predicted molar refractivity (Wildman–Crippen MR) is 50.1 cm³/mol. The molecule has 2 heterocycles. The summed E-state index contributed by atoms with van der Waals surface area (Å²) in [6.07, 6.45) is -1.88. The van der Waals surface area contributed by atoms with E-state index in [2.05, 4.69) is 19.9 Å². The summed E-state index contributed by atoms with van der Waals surface area (Å²) in [7, 11) is 0. The first-order chi connectivity index (χ1) is 7.96. The van der Waals surface area contributed by atoms with E-state index >= 15 is 0 Å². The zero-order valence-electron chi connectivity index (χ0n) is 8.25. The number of hydrogen-bond acceptors (Lipinski definition) is 4. The number of fused-ring (bicyclic) bond motifs is 1. The number of amides is 1. The van der Waals surface area contributed by atoms with Gasteiger partial charge in [-0.05, 0) is 0 Å². The number of halogens is 3. The molecule has 0 unspecified atom stereocenters. The molecule has 90 valence electrons. The Labute approximate surface area is 92.3 Å². The molecule has 0 bridgehead atoms. The van der Waals surface area contributed by atoms with Gasteiger partial charge in [-0.15, -0.1) is 0 Å². The van der Waals surface area contributed by atoms with Crippen LogP contribution < -0.4 is 5.32 Å². The van der Waals surface area contributed by atoms with Crippen LogP contribution in [0.4, 0.5) is 13.2 Å². The van der Waals surface area contributed by atoms with Gasteiger partial charge in [0, 0.05) is 0 Å². The number of nitrogens with zero attached hydrogens (tertiary/aromatic N) is 3. The number of H-pyrrole nitrogens is 1. The lowest BCUT2D eigenvalue weighted by molar-refractivity contribution is -0.123. The zero-order chi connectivity index (χ0) is 12.5. The number of nitrogens with one attached hydrogen (secondary N) is 2. The van der Waals surface area contributed by atoms with Crippen molar-refractivity contribution in [3.8, 4) is 0 Å². The molecule has 2 rings (SSSR count). The van der Waals surface area contributed by atoms with Gasteiger partial charge in [0.15, 0.2) is 11.5 Å². The van der Waals surface area contributed by atoms with Crippen molar-refractivity contribution in [2.45, 2.75) is 6.18 Å².